The summed E-state index contributed by atoms with van der Waals surface area (Å²) in [6.07, 6.45) is 4.07. The van der Waals surface area contributed by atoms with Gasteiger partial charge in [-0.25, -0.2) is 14.8 Å². The minimum absolute atomic E-state index is 0.247. The van der Waals surface area contributed by atoms with Crippen LogP contribution in [0.4, 0.5) is 10.6 Å². The van der Waals surface area contributed by atoms with Gasteiger partial charge in [0.2, 0.25) is 0 Å². The van der Waals surface area contributed by atoms with Crippen molar-refractivity contribution in [3.05, 3.63) is 30.5 Å². The van der Waals surface area contributed by atoms with Crippen LogP contribution in [0.3, 0.4) is 0 Å². The third kappa shape index (κ3) is 4.16. The van der Waals surface area contributed by atoms with Gasteiger partial charge in [-0.15, -0.1) is 0 Å². The zero-order chi connectivity index (χ0) is 19.0. The Balaban J connectivity index is 1.55. The van der Waals surface area contributed by atoms with Crippen LogP contribution in [0.1, 0.15) is 12.8 Å². The standard InChI is InChI=1S/C19H23N5O2Si/c1-27(2,3)17-9-7-15(26-17)14-11-20-13-6-8-16(23-18(13)22-14)24-19(25)21-10-12-4-5-12/h6-9,11-12H,4-5,10H2,1-3H3,(H2,21,22,23,24,25). The van der Waals surface area contributed by atoms with E-state index in [2.05, 4.69) is 45.2 Å². The van der Waals surface area contributed by atoms with Gasteiger partial charge in [0.1, 0.15) is 25.1 Å². The summed E-state index contributed by atoms with van der Waals surface area (Å²) in [6, 6.07) is 7.22. The molecule has 0 bridgehead atoms. The zero-order valence-corrected chi connectivity index (χ0v) is 16.7. The van der Waals surface area contributed by atoms with E-state index in [1.165, 1.54) is 12.8 Å². The van der Waals surface area contributed by atoms with Gasteiger partial charge in [0.25, 0.3) is 0 Å². The van der Waals surface area contributed by atoms with Crippen molar-refractivity contribution in [3.63, 3.8) is 0 Å². The molecule has 140 valence electrons. The number of nitrogens with zero attached hydrogens (tertiary/aromatic N) is 3. The quantitative estimate of drug-likeness (QED) is 0.661. The molecule has 0 aromatic carbocycles. The molecule has 3 aromatic rings. The van der Waals surface area contributed by atoms with E-state index in [1.807, 2.05) is 12.1 Å². The van der Waals surface area contributed by atoms with Gasteiger partial charge in [0.15, 0.2) is 11.4 Å². The van der Waals surface area contributed by atoms with Gasteiger partial charge in [-0.2, -0.15) is 0 Å². The van der Waals surface area contributed by atoms with E-state index in [4.69, 9.17) is 4.42 Å². The molecule has 1 fully saturated rings. The first-order valence-electron chi connectivity index (χ1n) is 9.18. The number of fused-ring (bicyclic) bond motifs is 1. The Morgan fingerprint density at radius 1 is 1.19 bits per heavy atom. The normalized spacial score (nSPS) is 14.3. The highest BCUT2D eigenvalue weighted by atomic mass is 28.3. The van der Waals surface area contributed by atoms with E-state index in [-0.39, 0.29) is 6.03 Å². The van der Waals surface area contributed by atoms with Gasteiger partial charge < -0.3 is 9.73 Å². The Morgan fingerprint density at radius 3 is 2.70 bits per heavy atom. The molecule has 3 heterocycles. The number of aromatic nitrogens is 3. The second-order valence-corrected chi connectivity index (χ2v) is 13.0. The molecular formula is C19H23N5O2Si. The number of urea groups is 1. The lowest BCUT2D eigenvalue weighted by Gasteiger charge is -2.11. The van der Waals surface area contributed by atoms with Crippen molar-refractivity contribution in [2.24, 2.45) is 5.92 Å². The summed E-state index contributed by atoms with van der Waals surface area (Å²) >= 11 is 0. The van der Waals surface area contributed by atoms with Crippen molar-refractivity contribution in [1.82, 2.24) is 20.3 Å². The van der Waals surface area contributed by atoms with Crippen LogP contribution < -0.4 is 16.0 Å². The highest BCUT2D eigenvalue weighted by Gasteiger charge is 2.22. The maximum atomic E-state index is 12.0. The second kappa shape index (κ2) is 6.77. The molecule has 0 aliphatic heterocycles. The molecule has 1 aliphatic rings. The summed E-state index contributed by atoms with van der Waals surface area (Å²) in [4.78, 5) is 25.4. The molecule has 0 atom stereocenters. The molecule has 4 rings (SSSR count). The monoisotopic (exact) mass is 381 g/mol. The lowest BCUT2D eigenvalue weighted by molar-refractivity contribution is 0.251. The Morgan fingerprint density at radius 2 is 2.00 bits per heavy atom. The molecule has 0 spiro atoms. The maximum absolute atomic E-state index is 12.0. The van der Waals surface area contributed by atoms with E-state index < -0.39 is 8.07 Å². The van der Waals surface area contributed by atoms with E-state index in [0.29, 0.717) is 40.9 Å². The van der Waals surface area contributed by atoms with Crippen LogP contribution in [0.15, 0.2) is 34.9 Å². The van der Waals surface area contributed by atoms with Crippen molar-refractivity contribution in [2.75, 3.05) is 11.9 Å². The third-order valence-electron chi connectivity index (χ3n) is 4.49. The first kappa shape index (κ1) is 17.7. The Labute approximate surface area is 158 Å². The largest absolute Gasteiger partial charge is 0.465 e. The van der Waals surface area contributed by atoms with Crippen LogP contribution in [0.5, 0.6) is 0 Å². The van der Waals surface area contributed by atoms with E-state index in [0.717, 1.165) is 5.38 Å². The number of hydrogen-bond donors (Lipinski definition) is 2. The summed E-state index contributed by atoms with van der Waals surface area (Å²) in [6.45, 7) is 7.40. The van der Waals surface area contributed by atoms with Gasteiger partial charge in [0.05, 0.1) is 11.6 Å². The van der Waals surface area contributed by atoms with E-state index >= 15 is 0 Å². The van der Waals surface area contributed by atoms with Crippen molar-refractivity contribution in [2.45, 2.75) is 32.5 Å². The van der Waals surface area contributed by atoms with Crippen molar-refractivity contribution in [1.29, 1.82) is 0 Å². The lowest BCUT2D eigenvalue weighted by Crippen LogP contribution is -2.36. The third-order valence-corrected chi connectivity index (χ3v) is 6.24. The molecule has 0 unspecified atom stereocenters. The summed E-state index contributed by atoms with van der Waals surface area (Å²) in [5, 5.41) is 6.63. The first-order chi connectivity index (χ1) is 12.9. The molecular weight excluding hydrogens is 358 g/mol. The molecule has 0 radical (unpaired) electrons. The number of carbonyl (C=O) groups excluding carboxylic acids is 1. The number of nitrogens with one attached hydrogen (secondary N) is 2. The molecule has 2 N–H and O–H groups in total. The van der Waals surface area contributed by atoms with Gasteiger partial charge in [-0.05, 0) is 43.0 Å². The molecule has 0 saturated heterocycles. The SMILES string of the molecule is C[Si](C)(C)c1ccc(-c2cnc3ccc(NC(=O)NCC4CC4)nc3n2)o1. The fraction of sp³-hybridized carbons (Fsp3) is 0.368. The van der Waals surface area contributed by atoms with Crippen molar-refractivity contribution >= 4 is 36.5 Å². The molecule has 27 heavy (non-hydrogen) atoms. The van der Waals surface area contributed by atoms with Crippen LogP contribution in [0.2, 0.25) is 19.6 Å². The molecule has 1 aliphatic carbocycles. The fourth-order valence-corrected chi connectivity index (χ4v) is 3.68. The van der Waals surface area contributed by atoms with Crippen molar-refractivity contribution < 1.29 is 9.21 Å². The van der Waals surface area contributed by atoms with Crippen LogP contribution >= 0.6 is 0 Å². The minimum atomic E-state index is -1.52. The summed E-state index contributed by atoms with van der Waals surface area (Å²) < 4.78 is 5.99. The maximum Gasteiger partial charge on any atom is 0.320 e. The van der Waals surface area contributed by atoms with E-state index in [9.17, 15) is 4.79 Å². The Hall–Kier alpha value is -2.74. The fourth-order valence-electron chi connectivity index (χ4n) is 2.68. The minimum Gasteiger partial charge on any atom is -0.465 e. The number of pyridine rings is 1. The average molecular weight is 382 g/mol. The van der Waals surface area contributed by atoms with Gasteiger partial charge in [-0.1, -0.05) is 19.6 Å². The van der Waals surface area contributed by atoms with Crippen LogP contribution in [-0.4, -0.2) is 35.6 Å². The highest BCUT2D eigenvalue weighted by molar-refractivity contribution is 6.87. The molecule has 3 aromatic heterocycles. The lowest BCUT2D eigenvalue weighted by atomic mass is 10.3. The Bertz CT molecular complexity index is 991. The zero-order valence-electron chi connectivity index (χ0n) is 15.7. The topological polar surface area (TPSA) is 92.9 Å². The summed E-state index contributed by atoms with van der Waals surface area (Å²) in [7, 11) is -1.52. The number of amides is 2. The molecule has 2 amide bonds. The van der Waals surface area contributed by atoms with Gasteiger partial charge >= 0.3 is 6.03 Å². The van der Waals surface area contributed by atoms with Crippen LogP contribution in [0.25, 0.3) is 22.6 Å². The van der Waals surface area contributed by atoms with E-state index in [1.54, 1.807) is 18.3 Å². The Kier molecular flexibility index (Phi) is 4.43. The smallest absolute Gasteiger partial charge is 0.320 e. The molecule has 8 heteroatoms. The number of hydrogen-bond acceptors (Lipinski definition) is 5. The number of anilines is 1. The predicted molar refractivity (Wildman–Crippen MR) is 108 cm³/mol. The predicted octanol–water partition coefficient (Wildman–Crippen LogP) is 3.36. The summed E-state index contributed by atoms with van der Waals surface area (Å²) in [5.74, 6) is 1.76. The van der Waals surface area contributed by atoms with Gasteiger partial charge in [-0.3, -0.25) is 10.3 Å². The molecule has 1 saturated carbocycles. The van der Waals surface area contributed by atoms with Crippen LogP contribution in [0, 0.1) is 5.92 Å². The van der Waals surface area contributed by atoms with Crippen LogP contribution in [-0.2, 0) is 0 Å². The summed E-state index contributed by atoms with van der Waals surface area (Å²) in [5.41, 5.74) is 1.77. The molecule has 7 nitrogen and oxygen atoms in total. The number of carbonyl (C=O) groups is 1. The average Bonchev–Trinajstić information content (AvgIpc) is 3.31. The van der Waals surface area contributed by atoms with Gasteiger partial charge in [0, 0.05) is 6.54 Å². The van der Waals surface area contributed by atoms with Crippen molar-refractivity contribution in [3.8, 4) is 11.5 Å². The number of furan rings is 1. The second-order valence-electron chi connectivity index (χ2n) is 7.99. The highest BCUT2D eigenvalue weighted by Crippen LogP contribution is 2.27. The first-order valence-corrected chi connectivity index (χ1v) is 12.7. The number of rotatable bonds is 5.